The maximum absolute atomic E-state index is 13.7. The van der Waals surface area contributed by atoms with Gasteiger partial charge in [-0.3, -0.25) is 4.79 Å². The van der Waals surface area contributed by atoms with E-state index in [1.54, 1.807) is 0 Å². The van der Waals surface area contributed by atoms with Gasteiger partial charge in [-0.15, -0.1) is 17.5 Å². The molecular formula is C16H17ClF5N5O. The van der Waals surface area contributed by atoms with Gasteiger partial charge in [0.05, 0.1) is 18.8 Å². The Morgan fingerprint density at radius 3 is 2.50 bits per heavy atom. The Balaban J connectivity index is 0.00000280. The van der Waals surface area contributed by atoms with Crippen LogP contribution in [0.25, 0.3) is 0 Å². The van der Waals surface area contributed by atoms with Crippen LogP contribution in [0.15, 0.2) is 12.1 Å². The maximum atomic E-state index is 13.7. The van der Waals surface area contributed by atoms with E-state index in [4.69, 9.17) is 5.73 Å². The van der Waals surface area contributed by atoms with Crippen LogP contribution in [0.3, 0.4) is 0 Å². The van der Waals surface area contributed by atoms with Gasteiger partial charge in [0.2, 0.25) is 5.91 Å². The molecule has 154 valence electrons. The highest BCUT2D eigenvalue weighted by Crippen LogP contribution is 2.24. The fourth-order valence-corrected chi connectivity index (χ4v) is 2.97. The molecule has 2 N–H and O–H groups in total. The Morgan fingerprint density at radius 1 is 1.14 bits per heavy atom. The highest BCUT2D eigenvalue weighted by molar-refractivity contribution is 5.85. The topological polar surface area (TPSA) is 77.0 Å². The fourth-order valence-electron chi connectivity index (χ4n) is 2.97. The van der Waals surface area contributed by atoms with E-state index in [2.05, 4.69) is 10.3 Å². The number of aromatic nitrogens is 3. The van der Waals surface area contributed by atoms with Crippen LogP contribution in [0.1, 0.15) is 29.8 Å². The van der Waals surface area contributed by atoms with Crippen LogP contribution >= 0.6 is 12.4 Å². The average Bonchev–Trinajstić information content (AvgIpc) is 3.02. The van der Waals surface area contributed by atoms with Crippen molar-refractivity contribution in [2.24, 2.45) is 5.73 Å². The number of carbonyl (C=O) groups is 1. The first kappa shape index (κ1) is 22.0. The first-order valence-corrected chi connectivity index (χ1v) is 8.13. The van der Waals surface area contributed by atoms with Gasteiger partial charge in [-0.05, 0) is 18.1 Å². The van der Waals surface area contributed by atoms with E-state index in [0.717, 1.165) is 0 Å². The number of nitrogens with two attached hydrogens (primary N) is 1. The summed E-state index contributed by atoms with van der Waals surface area (Å²) in [6.45, 7) is 0.371. The van der Waals surface area contributed by atoms with E-state index in [0.29, 0.717) is 12.1 Å². The summed E-state index contributed by atoms with van der Waals surface area (Å²) in [4.78, 5) is 13.7. The van der Waals surface area contributed by atoms with Crippen LogP contribution in [-0.2, 0) is 24.3 Å². The molecule has 1 amide bonds. The van der Waals surface area contributed by atoms with Crippen LogP contribution < -0.4 is 5.73 Å². The summed E-state index contributed by atoms with van der Waals surface area (Å²) in [6.07, 6.45) is -3.18. The van der Waals surface area contributed by atoms with Crippen LogP contribution in [0.2, 0.25) is 0 Å². The van der Waals surface area contributed by atoms with Crippen molar-refractivity contribution in [2.75, 3.05) is 6.54 Å². The number of nitrogens with zero attached hydrogens (tertiary/aromatic N) is 4. The normalized spacial score (nSPS) is 14.6. The lowest BCUT2D eigenvalue weighted by Crippen LogP contribution is -2.41. The molecule has 1 aliphatic heterocycles. The first-order valence-electron chi connectivity index (χ1n) is 8.13. The summed E-state index contributed by atoms with van der Waals surface area (Å²) in [7, 11) is 0. The first-order chi connectivity index (χ1) is 12.8. The summed E-state index contributed by atoms with van der Waals surface area (Å²) >= 11 is 0. The second kappa shape index (κ2) is 8.82. The molecule has 0 spiro atoms. The quantitative estimate of drug-likeness (QED) is 0.589. The molecule has 0 bridgehead atoms. The minimum absolute atomic E-state index is 0. The molecule has 1 aromatic heterocycles. The van der Waals surface area contributed by atoms with E-state index in [1.165, 1.54) is 9.58 Å². The molecule has 0 fully saturated rings. The lowest BCUT2D eigenvalue weighted by Gasteiger charge is -2.28. The lowest BCUT2D eigenvalue weighted by molar-refractivity contribution is -0.133. The van der Waals surface area contributed by atoms with Crippen LogP contribution in [-0.4, -0.2) is 38.4 Å². The maximum Gasteiger partial charge on any atom is 0.284 e. The van der Waals surface area contributed by atoms with Gasteiger partial charge in [0.1, 0.15) is 5.82 Å². The van der Waals surface area contributed by atoms with Crippen LogP contribution in [0.5, 0.6) is 0 Å². The molecule has 0 radical (unpaired) electrons. The van der Waals surface area contributed by atoms with E-state index >= 15 is 0 Å². The SMILES string of the molecule is Cl.N[C@@H](CC(=O)N1CCn2nnc(C(F)F)c2C1)Cc1cc(F)c(F)cc1F. The zero-order valence-electron chi connectivity index (χ0n) is 14.4. The molecule has 0 saturated carbocycles. The van der Waals surface area contributed by atoms with Crippen molar-refractivity contribution in [3.05, 3.63) is 46.5 Å². The van der Waals surface area contributed by atoms with E-state index in [1.807, 2.05) is 0 Å². The Labute approximate surface area is 162 Å². The molecule has 3 rings (SSSR count). The van der Waals surface area contributed by atoms with Crippen molar-refractivity contribution in [3.8, 4) is 0 Å². The Kier molecular flexibility index (Phi) is 6.94. The Morgan fingerprint density at radius 2 is 1.82 bits per heavy atom. The van der Waals surface area contributed by atoms with Gasteiger partial charge in [0, 0.05) is 25.1 Å². The van der Waals surface area contributed by atoms with Gasteiger partial charge in [0.25, 0.3) is 6.43 Å². The second-order valence-electron chi connectivity index (χ2n) is 6.29. The van der Waals surface area contributed by atoms with Gasteiger partial charge >= 0.3 is 0 Å². The predicted octanol–water partition coefficient (Wildman–Crippen LogP) is 2.36. The van der Waals surface area contributed by atoms with Crippen molar-refractivity contribution in [1.82, 2.24) is 19.9 Å². The zero-order chi connectivity index (χ0) is 19.7. The number of hydrogen-bond acceptors (Lipinski definition) is 4. The summed E-state index contributed by atoms with van der Waals surface area (Å²) in [5.41, 5.74) is 5.39. The fraction of sp³-hybridized carbons (Fsp3) is 0.438. The Bertz CT molecular complexity index is 862. The summed E-state index contributed by atoms with van der Waals surface area (Å²) in [5.74, 6) is -3.89. The molecule has 0 aliphatic carbocycles. The molecule has 12 heteroatoms. The number of carbonyl (C=O) groups excluding carboxylic acids is 1. The second-order valence-corrected chi connectivity index (χ2v) is 6.29. The highest BCUT2D eigenvalue weighted by atomic mass is 35.5. The number of halogens is 6. The monoisotopic (exact) mass is 425 g/mol. The molecule has 1 aromatic carbocycles. The highest BCUT2D eigenvalue weighted by Gasteiger charge is 2.29. The van der Waals surface area contributed by atoms with Gasteiger partial charge in [-0.1, -0.05) is 5.21 Å². The molecule has 6 nitrogen and oxygen atoms in total. The third-order valence-electron chi connectivity index (χ3n) is 4.36. The van der Waals surface area contributed by atoms with Crippen molar-refractivity contribution in [2.45, 2.75) is 38.4 Å². The number of amides is 1. The average molecular weight is 426 g/mol. The zero-order valence-corrected chi connectivity index (χ0v) is 15.2. The number of fused-ring (bicyclic) bond motifs is 1. The van der Waals surface area contributed by atoms with E-state index in [9.17, 15) is 26.7 Å². The summed E-state index contributed by atoms with van der Waals surface area (Å²) in [5, 5.41) is 7.06. The standard InChI is InChI=1S/C16H16F5N5O.ClH/c17-10-6-12(19)11(18)4-8(10)3-9(22)5-14(27)25-1-2-26-13(7-25)15(16(20)21)23-24-26;/h4,6,9,16H,1-3,5,7,22H2;1H/t9-;/m1./s1. The molecule has 2 aromatic rings. The van der Waals surface area contributed by atoms with Gasteiger partial charge < -0.3 is 10.6 Å². The molecule has 0 saturated heterocycles. The Hall–Kier alpha value is -2.27. The van der Waals surface area contributed by atoms with Crippen molar-refractivity contribution < 1.29 is 26.7 Å². The van der Waals surface area contributed by atoms with E-state index < -0.39 is 41.5 Å². The summed E-state index contributed by atoms with van der Waals surface area (Å²) in [6, 6.07) is 0.273. The molecule has 1 aliphatic rings. The third-order valence-corrected chi connectivity index (χ3v) is 4.36. The number of alkyl halides is 2. The minimum atomic E-state index is -2.80. The molecular weight excluding hydrogens is 409 g/mol. The van der Waals surface area contributed by atoms with E-state index in [-0.39, 0.29) is 56.1 Å². The van der Waals surface area contributed by atoms with Gasteiger partial charge in [0.15, 0.2) is 17.3 Å². The van der Waals surface area contributed by atoms with Gasteiger partial charge in [-0.25, -0.2) is 26.6 Å². The van der Waals surface area contributed by atoms with Crippen molar-refractivity contribution >= 4 is 18.3 Å². The van der Waals surface area contributed by atoms with Crippen LogP contribution in [0.4, 0.5) is 22.0 Å². The predicted molar refractivity (Wildman–Crippen MR) is 90.3 cm³/mol. The molecule has 28 heavy (non-hydrogen) atoms. The molecule has 1 atom stereocenters. The number of benzene rings is 1. The number of hydrogen-bond donors (Lipinski definition) is 1. The summed E-state index contributed by atoms with van der Waals surface area (Å²) < 4.78 is 67.1. The number of rotatable bonds is 5. The van der Waals surface area contributed by atoms with Gasteiger partial charge in [-0.2, -0.15) is 0 Å². The molecule has 2 heterocycles. The third kappa shape index (κ3) is 4.58. The largest absolute Gasteiger partial charge is 0.335 e. The van der Waals surface area contributed by atoms with Crippen molar-refractivity contribution in [1.29, 1.82) is 0 Å². The van der Waals surface area contributed by atoms with Crippen LogP contribution in [0, 0.1) is 17.5 Å². The minimum Gasteiger partial charge on any atom is -0.335 e. The molecule has 0 unspecified atom stereocenters. The smallest absolute Gasteiger partial charge is 0.284 e. The lowest BCUT2D eigenvalue weighted by atomic mass is 10.0. The van der Waals surface area contributed by atoms with Crippen molar-refractivity contribution in [3.63, 3.8) is 0 Å².